The zero-order chi connectivity index (χ0) is 16.0. The van der Waals surface area contributed by atoms with Crippen LogP contribution in [-0.2, 0) is 19.6 Å². The van der Waals surface area contributed by atoms with E-state index < -0.39 is 22.0 Å². The summed E-state index contributed by atoms with van der Waals surface area (Å²) in [4.78, 5) is 21.9. The van der Waals surface area contributed by atoms with Crippen LogP contribution in [0, 0.1) is 0 Å². The fourth-order valence-electron chi connectivity index (χ4n) is 1.52. The molecular weight excluding hydrogens is 322 g/mol. The van der Waals surface area contributed by atoms with Gasteiger partial charge in [0.2, 0.25) is 10.0 Å². The van der Waals surface area contributed by atoms with Crippen LogP contribution < -0.4 is 4.72 Å². The average Bonchev–Trinajstić information content (AvgIpc) is 2.36. The molecule has 0 saturated carbocycles. The highest BCUT2D eigenvalue weighted by atomic mass is 35.5. The molecule has 0 saturated heterocycles. The number of benzene rings is 1. The molecule has 0 fully saturated rings. The smallest absolute Gasteiger partial charge is 0.339 e. The number of aliphatic carboxylic acids is 1. The Morgan fingerprint density at radius 2 is 2.05 bits per heavy atom. The molecule has 7 nitrogen and oxygen atoms in total. The summed E-state index contributed by atoms with van der Waals surface area (Å²) < 4.78 is 30.5. The van der Waals surface area contributed by atoms with E-state index in [-0.39, 0.29) is 34.9 Å². The molecule has 1 rings (SSSR count). The van der Waals surface area contributed by atoms with E-state index >= 15 is 0 Å². The van der Waals surface area contributed by atoms with Gasteiger partial charge in [0.05, 0.1) is 24.1 Å². The number of hydrogen-bond donors (Lipinski definition) is 2. The van der Waals surface area contributed by atoms with Crippen LogP contribution in [0.4, 0.5) is 5.69 Å². The normalized spacial score (nSPS) is 11.0. The largest absolute Gasteiger partial charge is 0.481 e. The van der Waals surface area contributed by atoms with Gasteiger partial charge >= 0.3 is 11.9 Å². The molecule has 1 aromatic rings. The van der Waals surface area contributed by atoms with Gasteiger partial charge in [-0.2, -0.15) is 0 Å². The van der Waals surface area contributed by atoms with Crippen molar-refractivity contribution in [1.82, 2.24) is 0 Å². The lowest BCUT2D eigenvalue weighted by molar-refractivity contribution is -0.137. The van der Waals surface area contributed by atoms with E-state index in [1.54, 1.807) is 0 Å². The number of esters is 1. The summed E-state index contributed by atoms with van der Waals surface area (Å²) in [7, 11) is -2.62. The number of rotatable bonds is 7. The van der Waals surface area contributed by atoms with Crippen molar-refractivity contribution in [3.8, 4) is 0 Å². The summed E-state index contributed by atoms with van der Waals surface area (Å²) in [5, 5.41) is 8.73. The van der Waals surface area contributed by atoms with Gasteiger partial charge in [-0.25, -0.2) is 13.2 Å². The van der Waals surface area contributed by atoms with E-state index in [2.05, 4.69) is 9.46 Å². The van der Waals surface area contributed by atoms with Gasteiger partial charge in [-0.05, 0) is 24.6 Å². The van der Waals surface area contributed by atoms with Crippen LogP contribution >= 0.6 is 11.6 Å². The highest BCUT2D eigenvalue weighted by Gasteiger charge is 2.18. The topological polar surface area (TPSA) is 110 Å². The molecule has 0 bridgehead atoms. The van der Waals surface area contributed by atoms with Crippen LogP contribution in [0.2, 0.25) is 5.02 Å². The first-order valence-corrected chi connectivity index (χ1v) is 7.88. The minimum atomic E-state index is -3.79. The van der Waals surface area contributed by atoms with Crippen molar-refractivity contribution >= 4 is 39.3 Å². The van der Waals surface area contributed by atoms with Gasteiger partial charge in [0.25, 0.3) is 0 Å². The van der Waals surface area contributed by atoms with Gasteiger partial charge in [-0.3, -0.25) is 9.52 Å². The lowest BCUT2D eigenvalue weighted by atomic mass is 10.2. The molecule has 0 amide bonds. The van der Waals surface area contributed by atoms with Gasteiger partial charge in [0, 0.05) is 11.4 Å². The number of carbonyl (C=O) groups is 2. The Kier molecular flexibility index (Phi) is 5.98. The summed E-state index contributed by atoms with van der Waals surface area (Å²) in [5.74, 6) is -2.18. The van der Waals surface area contributed by atoms with Crippen LogP contribution in [0.1, 0.15) is 23.2 Å². The lowest BCUT2D eigenvalue weighted by Gasteiger charge is -2.11. The van der Waals surface area contributed by atoms with Crippen molar-refractivity contribution in [1.29, 1.82) is 0 Å². The van der Waals surface area contributed by atoms with Gasteiger partial charge in [-0.15, -0.1) is 0 Å². The third-order valence-electron chi connectivity index (χ3n) is 2.46. The van der Waals surface area contributed by atoms with Crippen molar-refractivity contribution in [2.75, 3.05) is 17.6 Å². The van der Waals surface area contributed by atoms with E-state index in [1.807, 2.05) is 0 Å². The number of halogens is 1. The van der Waals surface area contributed by atoms with Crippen LogP contribution in [0.5, 0.6) is 0 Å². The number of sulfonamides is 1. The second-order valence-corrected chi connectivity index (χ2v) is 6.38. The van der Waals surface area contributed by atoms with Gasteiger partial charge in [0.1, 0.15) is 0 Å². The molecule has 0 aromatic heterocycles. The minimum Gasteiger partial charge on any atom is -0.481 e. The first-order valence-electron chi connectivity index (χ1n) is 5.85. The number of carboxylic acid groups (broad SMARTS) is 1. The van der Waals surface area contributed by atoms with Gasteiger partial charge in [-0.1, -0.05) is 11.6 Å². The van der Waals surface area contributed by atoms with Crippen molar-refractivity contribution in [3.63, 3.8) is 0 Å². The summed E-state index contributed by atoms with van der Waals surface area (Å²) >= 11 is 5.77. The van der Waals surface area contributed by atoms with Gasteiger partial charge in [0.15, 0.2) is 0 Å². The predicted octanol–water partition coefficient (Wildman–Crippen LogP) is 1.73. The Morgan fingerprint density at radius 3 is 2.62 bits per heavy atom. The van der Waals surface area contributed by atoms with Crippen molar-refractivity contribution in [2.45, 2.75) is 12.8 Å². The molecule has 0 heterocycles. The molecule has 0 unspecified atom stereocenters. The first kappa shape index (κ1) is 17.3. The Morgan fingerprint density at radius 1 is 1.38 bits per heavy atom. The molecule has 0 radical (unpaired) electrons. The Bertz CT molecular complexity index is 643. The number of carboxylic acids is 1. The molecule has 0 spiro atoms. The highest BCUT2D eigenvalue weighted by Crippen LogP contribution is 2.23. The standard InChI is InChI=1S/C12H14ClNO6S/c1-20-12(17)9-5-4-8(13)7-10(9)14-21(18,19)6-2-3-11(15)16/h4-5,7,14H,2-3,6H2,1H3,(H,15,16). The molecule has 0 aliphatic heterocycles. The third-order valence-corrected chi connectivity index (χ3v) is 4.05. The van der Waals surface area contributed by atoms with Crippen molar-refractivity contribution < 1.29 is 27.9 Å². The third kappa shape index (κ3) is 5.60. The summed E-state index contributed by atoms with van der Waals surface area (Å²) in [6, 6.07) is 4.04. The molecule has 9 heteroatoms. The van der Waals surface area contributed by atoms with E-state index in [0.717, 1.165) is 0 Å². The minimum absolute atomic E-state index is 0.00956. The molecule has 0 aliphatic rings. The molecular formula is C12H14ClNO6S. The summed E-state index contributed by atoms with van der Waals surface area (Å²) in [6.07, 6.45) is -0.306. The Balaban J connectivity index is 2.92. The number of anilines is 1. The highest BCUT2D eigenvalue weighted by molar-refractivity contribution is 7.92. The maximum atomic E-state index is 11.9. The second kappa shape index (κ2) is 7.28. The molecule has 21 heavy (non-hydrogen) atoms. The number of nitrogens with one attached hydrogen (secondary N) is 1. The number of methoxy groups -OCH3 is 1. The zero-order valence-electron chi connectivity index (χ0n) is 11.1. The monoisotopic (exact) mass is 335 g/mol. The van der Waals surface area contributed by atoms with Crippen LogP contribution in [0.15, 0.2) is 18.2 Å². The van der Waals surface area contributed by atoms with E-state index in [0.29, 0.717) is 0 Å². The van der Waals surface area contributed by atoms with E-state index in [1.165, 1.54) is 25.3 Å². The number of hydrogen-bond acceptors (Lipinski definition) is 5. The Hall–Kier alpha value is -1.80. The average molecular weight is 336 g/mol. The number of carbonyl (C=O) groups excluding carboxylic acids is 1. The van der Waals surface area contributed by atoms with Gasteiger partial charge < -0.3 is 9.84 Å². The quantitative estimate of drug-likeness (QED) is 0.734. The lowest BCUT2D eigenvalue weighted by Crippen LogP contribution is -2.19. The van der Waals surface area contributed by atoms with E-state index in [4.69, 9.17) is 16.7 Å². The second-order valence-electron chi connectivity index (χ2n) is 4.10. The first-order chi connectivity index (χ1) is 9.75. The molecule has 0 aliphatic carbocycles. The van der Waals surface area contributed by atoms with Crippen LogP contribution in [0.25, 0.3) is 0 Å². The summed E-state index contributed by atoms with van der Waals surface area (Å²) in [6.45, 7) is 0. The van der Waals surface area contributed by atoms with Crippen LogP contribution in [-0.4, -0.2) is 38.3 Å². The van der Waals surface area contributed by atoms with Crippen molar-refractivity contribution in [2.24, 2.45) is 0 Å². The zero-order valence-corrected chi connectivity index (χ0v) is 12.7. The fraction of sp³-hybridized carbons (Fsp3) is 0.333. The number of ether oxygens (including phenoxy) is 1. The van der Waals surface area contributed by atoms with Crippen LogP contribution in [0.3, 0.4) is 0 Å². The molecule has 0 atom stereocenters. The SMILES string of the molecule is COC(=O)c1ccc(Cl)cc1NS(=O)(=O)CCCC(=O)O. The molecule has 1 aromatic carbocycles. The fourth-order valence-corrected chi connectivity index (χ4v) is 2.82. The molecule has 116 valence electrons. The van der Waals surface area contributed by atoms with E-state index in [9.17, 15) is 18.0 Å². The summed E-state index contributed by atoms with van der Waals surface area (Å²) in [5.41, 5.74) is 0.00776. The molecule has 2 N–H and O–H groups in total. The maximum Gasteiger partial charge on any atom is 0.339 e. The predicted molar refractivity (Wildman–Crippen MR) is 77.1 cm³/mol. The van der Waals surface area contributed by atoms with Crippen molar-refractivity contribution in [3.05, 3.63) is 28.8 Å². The maximum absolute atomic E-state index is 11.9. The Labute approximate surface area is 126 Å².